The number of aryl methyl sites for hydroxylation is 1. The minimum absolute atomic E-state index is 1.10. The first-order valence-corrected chi connectivity index (χ1v) is 7.47. The van der Waals surface area contributed by atoms with Crippen LogP contribution < -0.4 is 0 Å². The van der Waals surface area contributed by atoms with E-state index in [0.717, 1.165) is 12.8 Å². The summed E-state index contributed by atoms with van der Waals surface area (Å²) in [5, 5.41) is 0. The van der Waals surface area contributed by atoms with Crippen molar-refractivity contribution in [3.05, 3.63) is 46.0 Å². The zero-order valence-corrected chi connectivity index (χ0v) is 13.9. The number of allylic oxidation sites excluding steroid dienone is 1. The van der Waals surface area contributed by atoms with Crippen LogP contribution in [0.25, 0.3) is 12.2 Å². The Morgan fingerprint density at radius 1 is 1.16 bits per heavy atom. The quantitative estimate of drug-likeness (QED) is 0.602. The number of hydrogen-bond acceptors (Lipinski definition) is 0. The topological polar surface area (TPSA) is 0 Å². The van der Waals surface area contributed by atoms with E-state index in [9.17, 15) is 0 Å². The van der Waals surface area contributed by atoms with Gasteiger partial charge in [-0.05, 0) is 61.4 Å². The summed E-state index contributed by atoms with van der Waals surface area (Å²) < 4.78 is 0. The molecule has 1 aromatic rings. The van der Waals surface area contributed by atoms with Gasteiger partial charge in [-0.1, -0.05) is 58.1 Å². The van der Waals surface area contributed by atoms with Crippen LogP contribution in [0.4, 0.5) is 0 Å². The molecule has 0 aliphatic heterocycles. The largest absolute Gasteiger partial charge is 0.0984 e. The molecular weight excluding hydrogens is 228 g/mol. The van der Waals surface area contributed by atoms with Gasteiger partial charge >= 0.3 is 0 Å². The molecule has 0 aromatic heterocycles. The van der Waals surface area contributed by atoms with Gasteiger partial charge in [-0.3, -0.25) is 0 Å². The Balaban J connectivity index is 0.00000154. The summed E-state index contributed by atoms with van der Waals surface area (Å²) in [7, 11) is 0. The van der Waals surface area contributed by atoms with Crippen molar-refractivity contribution in [3.63, 3.8) is 0 Å². The van der Waals surface area contributed by atoms with Crippen molar-refractivity contribution in [2.45, 2.75) is 61.3 Å². The molecule has 106 valence electrons. The monoisotopic (exact) mass is 258 g/mol. The fourth-order valence-electron chi connectivity index (χ4n) is 2.43. The first kappa shape index (κ1) is 17.7. The first-order chi connectivity index (χ1) is 9.04. The van der Waals surface area contributed by atoms with Gasteiger partial charge in [-0.15, -0.1) is 0 Å². The highest BCUT2D eigenvalue weighted by Crippen LogP contribution is 2.27. The lowest BCUT2D eigenvalue weighted by molar-refractivity contribution is 1.01. The van der Waals surface area contributed by atoms with Gasteiger partial charge in [-0.25, -0.2) is 0 Å². The summed E-state index contributed by atoms with van der Waals surface area (Å²) in [5.74, 6) is 0. The SMILES string of the molecule is C=Cc1cc(CC)c(CC)c(C)c1C=C(C)C.CC. The van der Waals surface area contributed by atoms with Crippen LogP contribution in [0.1, 0.15) is 69.4 Å². The third-order valence-electron chi connectivity index (χ3n) is 3.27. The summed E-state index contributed by atoms with van der Waals surface area (Å²) in [6, 6.07) is 2.30. The van der Waals surface area contributed by atoms with E-state index in [0.29, 0.717) is 0 Å². The van der Waals surface area contributed by atoms with Crippen LogP contribution in [0.15, 0.2) is 18.2 Å². The summed E-state index contributed by atoms with van der Waals surface area (Å²) in [5.41, 5.74) is 8.33. The number of hydrogen-bond donors (Lipinski definition) is 0. The van der Waals surface area contributed by atoms with Gasteiger partial charge in [0.15, 0.2) is 0 Å². The maximum atomic E-state index is 3.94. The van der Waals surface area contributed by atoms with Crippen molar-refractivity contribution in [1.29, 1.82) is 0 Å². The Kier molecular flexibility index (Phi) is 8.14. The van der Waals surface area contributed by atoms with Gasteiger partial charge in [-0.2, -0.15) is 0 Å². The molecule has 0 aliphatic carbocycles. The normalized spacial score (nSPS) is 9.42. The maximum absolute atomic E-state index is 3.94. The minimum Gasteiger partial charge on any atom is -0.0984 e. The van der Waals surface area contributed by atoms with E-state index in [1.54, 1.807) is 0 Å². The van der Waals surface area contributed by atoms with Gasteiger partial charge in [0.25, 0.3) is 0 Å². The van der Waals surface area contributed by atoms with E-state index in [1.807, 2.05) is 19.9 Å². The van der Waals surface area contributed by atoms with E-state index in [2.05, 4.69) is 53.3 Å². The van der Waals surface area contributed by atoms with Crippen molar-refractivity contribution in [2.75, 3.05) is 0 Å². The van der Waals surface area contributed by atoms with Gasteiger partial charge in [0, 0.05) is 0 Å². The first-order valence-electron chi connectivity index (χ1n) is 7.47. The van der Waals surface area contributed by atoms with E-state index < -0.39 is 0 Å². The molecule has 0 spiro atoms. The van der Waals surface area contributed by atoms with Crippen LogP contribution in [0.5, 0.6) is 0 Å². The van der Waals surface area contributed by atoms with E-state index >= 15 is 0 Å². The molecule has 0 saturated heterocycles. The van der Waals surface area contributed by atoms with Crippen LogP contribution >= 0.6 is 0 Å². The van der Waals surface area contributed by atoms with Gasteiger partial charge < -0.3 is 0 Å². The highest BCUT2D eigenvalue weighted by molar-refractivity contribution is 5.70. The Bertz CT molecular complexity index is 444. The van der Waals surface area contributed by atoms with Crippen LogP contribution in [0.2, 0.25) is 0 Å². The number of benzene rings is 1. The summed E-state index contributed by atoms with van der Waals surface area (Å²) in [6.45, 7) is 18.9. The summed E-state index contributed by atoms with van der Waals surface area (Å²) in [6.07, 6.45) is 6.45. The summed E-state index contributed by atoms with van der Waals surface area (Å²) in [4.78, 5) is 0. The molecule has 0 bridgehead atoms. The van der Waals surface area contributed by atoms with Crippen molar-refractivity contribution in [2.24, 2.45) is 0 Å². The Morgan fingerprint density at radius 3 is 2.11 bits per heavy atom. The zero-order valence-electron chi connectivity index (χ0n) is 13.9. The van der Waals surface area contributed by atoms with Crippen molar-refractivity contribution in [1.82, 2.24) is 0 Å². The van der Waals surface area contributed by atoms with E-state index in [-0.39, 0.29) is 0 Å². The predicted octanol–water partition coefficient (Wildman–Crippen LogP) is 6.21. The molecule has 0 heteroatoms. The predicted molar refractivity (Wildman–Crippen MR) is 90.7 cm³/mol. The molecule has 19 heavy (non-hydrogen) atoms. The molecule has 0 unspecified atom stereocenters. The average molecular weight is 258 g/mol. The molecule has 0 saturated carbocycles. The molecule has 0 atom stereocenters. The van der Waals surface area contributed by atoms with Crippen molar-refractivity contribution >= 4 is 12.2 Å². The lowest BCUT2D eigenvalue weighted by atomic mass is 9.89. The standard InChI is InChI=1S/C17H24.C2H6/c1-7-14-11-15(8-2)17(10-12(4)5)13(6)16(14)9-3;1-2/h8,10-11H,2,7,9H2,1,3-6H3;1-2H3. The fraction of sp³-hybridized carbons (Fsp3) is 0.474. The molecule has 0 N–H and O–H groups in total. The van der Waals surface area contributed by atoms with Gasteiger partial charge in [0.1, 0.15) is 0 Å². The third-order valence-corrected chi connectivity index (χ3v) is 3.27. The summed E-state index contributed by atoms with van der Waals surface area (Å²) >= 11 is 0. The number of rotatable bonds is 4. The van der Waals surface area contributed by atoms with Gasteiger partial charge in [0.05, 0.1) is 0 Å². The lowest BCUT2D eigenvalue weighted by Crippen LogP contribution is -2.00. The molecular formula is C19H30. The second-order valence-electron chi connectivity index (χ2n) is 4.78. The third kappa shape index (κ3) is 4.38. The highest BCUT2D eigenvalue weighted by Gasteiger charge is 2.10. The Labute approximate surface area is 120 Å². The molecule has 1 aromatic carbocycles. The van der Waals surface area contributed by atoms with Crippen molar-refractivity contribution in [3.8, 4) is 0 Å². The molecule has 0 radical (unpaired) electrons. The van der Waals surface area contributed by atoms with Crippen LogP contribution in [-0.2, 0) is 12.8 Å². The molecule has 0 heterocycles. The van der Waals surface area contributed by atoms with Crippen molar-refractivity contribution < 1.29 is 0 Å². The van der Waals surface area contributed by atoms with Gasteiger partial charge in [0.2, 0.25) is 0 Å². The molecule has 0 nitrogen and oxygen atoms in total. The van der Waals surface area contributed by atoms with Crippen LogP contribution in [0, 0.1) is 6.92 Å². The molecule has 0 aliphatic rings. The van der Waals surface area contributed by atoms with E-state index in [4.69, 9.17) is 0 Å². The second-order valence-corrected chi connectivity index (χ2v) is 4.78. The average Bonchev–Trinajstić information content (AvgIpc) is 2.42. The Hall–Kier alpha value is -1.30. The second kappa shape index (κ2) is 8.74. The highest BCUT2D eigenvalue weighted by atomic mass is 14.1. The molecule has 0 amide bonds. The molecule has 1 rings (SSSR count). The molecule has 0 fully saturated rings. The fourth-order valence-corrected chi connectivity index (χ4v) is 2.43. The minimum atomic E-state index is 1.10. The lowest BCUT2D eigenvalue weighted by Gasteiger charge is -2.16. The van der Waals surface area contributed by atoms with Crippen LogP contribution in [-0.4, -0.2) is 0 Å². The zero-order chi connectivity index (χ0) is 15.0. The van der Waals surface area contributed by atoms with Crippen LogP contribution in [0.3, 0.4) is 0 Å². The Morgan fingerprint density at radius 2 is 1.74 bits per heavy atom. The van der Waals surface area contributed by atoms with E-state index in [1.165, 1.54) is 33.4 Å². The maximum Gasteiger partial charge on any atom is -0.0153 e. The smallest absolute Gasteiger partial charge is 0.0153 e.